The van der Waals surface area contributed by atoms with Crippen molar-refractivity contribution in [1.82, 2.24) is 0 Å². The van der Waals surface area contributed by atoms with Crippen LogP contribution < -0.4 is 5.32 Å². The minimum atomic E-state index is -0.665. The van der Waals surface area contributed by atoms with Gasteiger partial charge in [-0.05, 0) is 40.2 Å². The molecule has 0 saturated carbocycles. The van der Waals surface area contributed by atoms with Crippen molar-refractivity contribution in [2.75, 3.05) is 5.32 Å². The van der Waals surface area contributed by atoms with E-state index in [1.165, 1.54) is 24.5 Å². The Kier molecular flexibility index (Phi) is 3.44. The van der Waals surface area contributed by atoms with Crippen molar-refractivity contribution in [3.63, 3.8) is 0 Å². The molecule has 4 nitrogen and oxygen atoms in total. The highest BCUT2D eigenvalue weighted by Gasteiger charge is 2.14. The van der Waals surface area contributed by atoms with Crippen molar-refractivity contribution in [2.24, 2.45) is 0 Å². The molecule has 0 unspecified atom stereocenters. The van der Waals surface area contributed by atoms with Crippen LogP contribution in [0.3, 0.4) is 0 Å². The molecule has 0 aliphatic carbocycles. The maximum Gasteiger partial charge on any atom is 0.260 e. The van der Waals surface area contributed by atoms with Crippen LogP contribution in [0.25, 0.3) is 0 Å². The van der Waals surface area contributed by atoms with E-state index in [1.54, 1.807) is 0 Å². The smallest absolute Gasteiger partial charge is 0.260 e. The van der Waals surface area contributed by atoms with Crippen LogP contribution in [0, 0.1) is 17.1 Å². The Hall–Kier alpha value is -2.13. The fraction of sp³-hybridized carbons (Fsp3) is 0. The van der Waals surface area contributed by atoms with Crippen LogP contribution in [0.15, 0.2) is 39.6 Å². The Balaban J connectivity index is 2.23. The number of rotatable bonds is 2. The van der Waals surface area contributed by atoms with Crippen molar-refractivity contribution in [3.8, 4) is 6.07 Å². The van der Waals surface area contributed by atoms with Crippen molar-refractivity contribution in [3.05, 3.63) is 52.1 Å². The Labute approximate surface area is 110 Å². The van der Waals surface area contributed by atoms with Gasteiger partial charge in [-0.3, -0.25) is 4.79 Å². The molecule has 0 spiro atoms. The summed E-state index contributed by atoms with van der Waals surface area (Å²) in [4.78, 5) is 11.8. The summed E-state index contributed by atoms with van der Waals surface area (Å²) in [6.45, 7) is 0. The zero-order chi connectivity index (χ0) is 13.1. The summed E-state index contributed by atoms with van der Waals surface area (Å²) in [7, 11) is 0. The molecule has 0 atom stereocenters. The summed E-state index contributed by atoms with van der Waals surface area (Å²) in [5.74, 6) is -1.17. The second-order valence-corrected chi connectivity index (χ2v) is 4.09. The van der Waals surface area contributed by atoms with Gasteiger partial charge in [-0.15, -0.1) is 0 Å². The first kappa shape index (κ1) is 12.3. The first-order valence-corrected chi connectivity index (χ1v) is 5.65. The van der Waals surface area contributed by atoms with Crippen molar-refractivity contribution >= 4 is 27.5 Å². The number of anilines is 1. The number of nitriles is 1. The number of carbonyl (C=O) groups is 1. The summed E-state index contributed by atoms with van der Waals surface area (Å²) < 4.78 is 18.7. The molecule has 0 bridgehead atoms. The number of benzene rings is 1. The number of furan rings is 1. The van der Waals surface area contributed by atoms with E-state index in [1.807, 2.05) is 6.07 Å². The van der Waals surface area contributed by atoms with Crippen molar-refractivity contribution in [1.29, 1.82) is 5.26 Å². The lowest BCUT2D eigenvalue weighted by Gasteiger charge is -2.05. The Bertz CT molecular complexity index is 646. The molecule has 0 aliphatic heterocycles. The summed E-state index contributed by atoms with van der Waals surface area (Å²) in [5.41, 5.74) is 0.459. The minimum Gasteiger partial charge on any atom is -0.457 e. The minimum absolute atomic E-state index is 0.00657. The van der Waals surface area contributed by atoms with Gasteiger partial charge in [0.15, 0.2) is 4.67 Å². The number of nitrogens with zero attached hydrogens (tertiary/aromatic N) is 1. The topological polar surface area (TPSA) is 66.0 Å². The molecule has 1 aromatic carbocycles. The number of nitrogens with one attached hydrogen (secondary N) is 1. The van der Waals surface area contributed by atoms with E-state index >= 15 is 0 Å². The second kappa shape index (κ2) is 5.02. The molecule has 0 saturated heterocycles. The van der Waals surface area contributed by atoms with Gasteiger partial charge in [0, 0.05) is 0 Å². The second-order valence-electron chi connectivity index (χ2n) is 3.37. The predicted octanol–water partition coefficient (Wildman–Crippen LogP) is 3.31. The van der Waals surface area contributed by atoms with E-state index in [2.05, 4.69) is 21.2 Å². The van der Waals surface area contributed by atoms with Crippen LogP contribution in [-0.2, 0) is 0 Å². The van der Waals surface area contributed by atoms with Crippen LogP contribution in [-0.4, -0.2) is 5.91 Å². The fourth-order valence-corrected chi connectivity index (χ4v) is 1.75. The van der Waals surface area contributed by atoms with Crippen LogP contribution >= 0.6 is 15.9 Å². The highest BCUT2D eigenvalue weighted by Crippen LogP contribution is 2.21. The molecular weight excluding hydrogens is 303 g/mol. The highest BCUT2D eigenvalue weighted by atomic mass is 79.9. The summed E-state index contributed by atoms with van der Waals surface area (Å²) in [6.07, 6.45) is 1.34. The van der Waals surface area contributed by atoms with Gasteiger partial charge in [0.05, 0.1) is 29.1 Å². The van der Waals surface area contributed by atoms with Crippen molar-refractivity contribution < 1.29 is 13.6 Å². The average molecular weight is 309 g/mol. The zero-order valence-electron chi connectivity index (χ0n) is 8.91. The largest absolute Gasteiger partial charge is 0.457 e. The van der Waals surface area contributed by atoms with E-state index in [4.69, 9.17) is 9.68 Å². The van der Waals surface area contributed by atoms with Gasteiger partial charge in [0.2, 0.25) is 0 Å². The number of halogens is 2. The van der Waals surface area contributed by atoms with E-state index in [9.17, 15) is 9.18 Å². The maximum absolute atomic E-state index is 13.5. The van der Waals surface area contributed by atoms with Crippen LogP contribution in [0.4, 0.5) is 10.1 Å². The molecule has 1 heterocycles. The lowest BCUT2D eigenvalue weighted by molar-refractivity contribution is 0.102. The van der Waals surface area contributed by atoms with Crippen LogP contribution in [0.1, 0.15) is 15.9 Å². The summed E-state index contributed by atoms with van der Waals surface area (Å²) >= 11 is 3.06. The van der Waals surface area contributed by atoms with Gasteiger partial charge >= 0.3 is 0 Å². The number of carbonyl (C=O) groups excluding carboxylic acids is 1. The first-order valence-electron chi connectivity index (χ1n) is 4.86. The van der Waals surface area contributed by atoms with E-state index < -0.39 is 11.7 Å². The SMILES string of the molecule is N#Cc1ccc(NC(=O)c2ccoc2Br)c(F)c1. The van der Waals surface area contributed by atoms with Gasteiger partial charge in [0.1, 0.15) is 5.82 Å². The van der Waals surface area contributed by atoms with Gasteiger partial charge < -0.3 is 9.73 Å². The molecule has 2 rings (SSSR count). The maximum atomic E-state index is 13.5. The predicted molar refractivity (Wildman–Crippen MR) is 65.5 cm³/mol. The Morgan fingerprint density at radius 3 is 2.78 bits per heavy atom. The van der Waals surface area contributed by atoms with Gasteiger partial charge in [-0.25, -0.2) is 4.39 Å². The zero-order valence-corrected chi connectivity index (χ0v) is 10.5. The lowest BCUT2D eigenvalue weighted by Crippen LogP contribution is -2.12. The monoisotopic (exact) mass is 308 g/mol. The Morgan fingerprint density at radius 1 is 1.44 bits per heavy atom. The van der Waals surface area contributed by atoms with Gasteiger partial charge in [-0.2, -0.15) is 5.26 Å². The highest BCUT2D eigenvalue weighted by molar-refractivity contribution is 9.10. The number of amides is 1. The molecule has 0 fully saturated rings. The van der Waals surface area contributed by atoms with Crippen LogP contribution in [0.2, 0.25) is 0 Å². The third kappa shape index (κ3) is 2.41. The third-order valence-corrected chi connectivity index (χ3v) is 2.82. The van der Waals surface area contributed by atoms with E-state index in [0.29, 0.717) is 0 Å². The lowest BCUT2D eigenvalue weighted by atomic mass is 10.2. The Morgan fingerprint density at radius 2 is 2.22 bits per heavy atom. The number of hydrogen-bond donors (Lipinski definition) is 1. The molecule has 2 aromatic rings. The summed E-state index contributed by atoms with van der Waals surface area (Å²) in [6, 6.07) is 7.08. The normalized spacial score (nSPS) is 9.83. The molecule has 1 amide bonds. The third-order valence-electron chi connectivity index (χ3n) is 2.21. The van der Waals surface area contributed by atoms with Gasteiger partial charge in [-0.1, -0.05) is 0 Å². The fourth-order valence-electron chi connectivity index (χ4n) is 1.33. The molecule has 18 heavy (non-hydrogen) atoms. The molecule has 0 aliphatic rings. The van der Waals surface area contributed by atoms with E-state index in [-0.39, 0.29) is 21.5 Å². The van der Waals surface area contributed by atoms with Crippen molar-refractivity contribution in [2.45, 2.75) is 0 Å². The molecule has 1 aromatic heterocycles. The van der Waals surface area contributed by atoms with Gasteiger partial charge in [0.25, 0.3) is 5.91 Å². The molecule has 0 radical (unpaired) electrons. The molecule has 6 heteroatoms. The molecule has 90 valence electrons. The molecular formula is C12H6BrFN2O2. The van der Waals surface area contributed by atoms with E-state index in [0.717, 1.165) is 6.07 Å². The quantitative estimate of drug-likeness (QED) is 0.925. The standard InChI is InChI=1S/C12H6BrFN2O2/c13-11-8(3-4-18-11)12(17)16-10-2-1-7(6-15)5-9(10)14/h1-5H,(H,16,17). The first-order chi connectivity index (χ1) is 8.61. The average Bonchev–Trinajstić information content (AvgIpc) is 2.78. The van der Waals surface area contributed by atoms with Crippen LogP contribution in [0.5, 0.6) is 0 Å². The number of hydrogen-bond acceptors (Lipinski definition) is 3. The molecule has 1 N–H and O–H groups in total. The summed E-state index contributed by atoms with van der Waals surface area (Å²) in [5, 5.41) is 11.0.